The van der Waals surface area contributed by atoms with E-state index >= 15 is 0 Å². The number of carbonyl (C=O) groups is 1. The summed E-state index contributed by atoms with van der Waals surface area (Å²) in [5.74, 6) is 1.53. The molecule has 2 atom stereocenters. The molecule has 4 heteroatoms. The molecule has 0 aromatic heterocycles. The van der Waals surface area contributed by atoms with Crippen LogP contribution in [0.2, 0.25) is 0 Å². The van der Waals surface area contributed by atoms with E-state index in [4.69, 9.17) is 4.74 Å². The van der Waals surface area contributed by atoms with E-state index in [9.17, 15) is 15.0 Å². The van der Waals surface area contributed by atoms with Crippen molar-refractivity contribution in [2.45, 2.75) is 65.4 Å². The molecule has 0 saturated carbocycles. The fourth-order valence-corrected chi connectivity index (χ4v) is 2.76. The minimum Gasteiger partial charge on any atom is -0.504 e. The van der Waals surface area contributed by atoms with E-state index in [1.54, 1.807) is 12.1 Å². The smallest absolute Gasteiger partial charge is 0.161 e. The molecule has 136 valence electrons. The molecule has 4 nitrogen and oxygen atoms in total. The molecule has 2 N–H and O–H groups in total. The number of hydrogen-bond acceptors (Lipinski definition) is 4. The van der Waals surface area contributed by atoms with Gasteiger partial charge in [-0.15, -0.1) is 0 Å². The van der Waals surface area contributed by atoms with Gasteiger partial charge in [0.15, 0.2) is 17.3 Å². The highest BCUT2D eigenvalue weighted by atomic mass is 16.5. The minimum absolute atomic E-state index is 0.0530. The SMILES string of the molecule is COc1cc(CC(O)C(=O)CC[C@@H](C)CCCC(C)C)ccc1O. The summed E-state index contributed by atoms with van der Waals surface area (Å²) >= 11 is 0. The molecule has 1 rings (SSSR count). The van der Waals surface area contributed by atoms with Gasteiger partial charge in [-0.25, -0.2) is 0 Å². The summed E-state index contributed by atoms with van der Waals surface area (Å²) in [5.41, 5.74) is 0.774. The molecule has 0 aliphatic heterocycles. The van der Waals surface area contributed by atoms with Crippen molar-refractivity contribution in [2.75, 3.05) is 7.11 Å². The molecule has 1 aromatic rings. The summed E-state index contributed by atoms with van der Waals surface area (Å²) in [6, 6.07) is 4.87. The van der Waals surface area contributed by atoms with Crippen LogP contribution < -0.4 is 4.74 Å². The highest BCUT2D eigenvalue weighted by Crippen LogP contribution is 2.27. The predicted molar refractivity (Wildman–Crippen MR) is 96.5 cm³/mol. The summed E-state index contributed by atoms with van der Waals surface area (Å²) in [7, 11) is 1.47. The molecule has 0 aliphatic carbocycles. The maximum atomic E-state index is 12.1. The minimum atomic E-state index is -0.998. The Bertz CT molecular complexity index is 510. The molecular weight excluding hydrogens is 304 g/mol. The molecular formula is C20H32O4. The second kappa shape index (κ2) is 10.3. The summed E-state index contributed by atoms with van der Waals surface area (Å²) in [6.07, 6.45) is 4.05. The number of phenols is 1. The summed E-state index contributed by atoms with van der Waals surface area (Å²) in [4.78, 5) is 12.1. The third-order valence-electron chi connectivity index (χ3n) is 4.41. The van der Waals surface area contributed by atoms with Gasteiger partial charge in [0, 0.05) is 12.8 Å². The Labute approximate surface area is 145 Å². The molecule has 0 aliphatic rings. The number of aliphatic hydroxyl groups excluding tert-OH is 1. The lowest BCUT2D eigenvalue weighted by Crippen LogP contribution is -2.23. The molecule has 0 spiro atoms. The second-order valence-corrected chi connectivity index (χ2v) is 7.16. The zero-order valence-corrected chi connectivity index (χ0v) is 15.4. The lowest BCUT2D eigenvalue weighted by atomic mass is 9.93. The first-order valence-electron chi connectivity index (χ1n) is 8.90. The van der Waals surface area contributed by atoms with Crippen LogP contribution >= 0.6 is 0 Å². The molecule has 0 saturated heterocycles. The van der Waals surface area contributed by atoms with Gasteiger partial charge in [0.25, 0.3) is 0 Å². The standard InChI is InChI=1S/C20H32O4/c1-14(2)6-5-7-15(3)8-10-17(21)19(23)12-16-9-11-18(22)20(13-16)24-4/h9,11,13-15,19,22-23H,5-8,10,12H2,1-4H3/t15-,19?/m0/s1. The first-order valence-corrected chi connectivity index (χ1v) is 8.90. The van der Waals surface area contributed by atoms with Crippen LogP contribution in [0.15, 0.2) is 18.2 Å². The summed E-state index contributed by atoms with van der Waals surface area (Å²) in [5, 5.41) is 19.7. The van der Waals surface area contributed by atoms with Crippen LogP contribution in [0.4, 0.5) is 0 Å². The van der Waals surface area contributed by atoms with Gasteiger partial charge in [-0.2, -0.15) is 0 Å². The number of aliphatic hydroxyl groups is 1. The van der Waals surface area contributed by atoms with Gasteiger partial charge >= 0.3 is 0 Å². The van der Waals surface area contributed by atoms with Gasteiger partial charge in [0.2, 0.25) is 0 Å². The fraction of sp³-hybridized carbons (Fsp3) is 0.650. The van der Waals surface area contributed by atoms with E-state index in [-0.39, 0.29) is 18.0 Å². The van der Waals surface area contributed by atoms with Crippen molar-refractivity contribution in [3.63, 3.8) is 0 Å². The Kier molecular flexibility index (Phi) is 8.83. The molecule has 0 amide bonds. The predicted octanol–water partition coefficient (Wildman–Crippen LogP) is 4.12. The van der Waals surface area contributed by atoms with Crippen molar-refractivity contribution < 1.29 is 19.7 Å². The van der Waals surface area contributed by atoms with Gasteiger partial charge in [0.1, 0.15) is 6.10 Å². The van der Waals surface area contributed by atoms with Crippen molar-refractivity contribution in [2.24, 2.45) is 11.8 Å². The first kappa shape index (κ1) is 20.5. The highest BCUT2D eigenvalue weighted by molar-refractivity contribution is 5.83. The normalized spacial score (nSPS) is 13.8. The van der Waals surface area contributed by atoms with Crippen LogP contribution in [0.3, 0.4) is 0 Å². The number of ketones is 1. The first-order chi connectivity index (χ1) is 11.3. The van der Waals surface area contributed by atoms with Gasteiger partial charge in [-0.05, 0) is 36.0 Å². The third kappa shape index (κ3) is 7.35. The van der Waals surface area contributed by atoms with Gasteiger partial charge in [0.05, 0.1) is 7.11 Å². The van der Waals surface area contributed by atoms with Crippen LogP contribution in [-0.4, -0.2) is 29.2 Å². The van der Waals surface area contributed by atoms with Crippen LogP contribution in [0.25, 0.3) is 0 Å². The lowest BCUT2D eigenvalue weighted by molar-refractivity contribution is -0.127. The number of rotatable bonds is 11. The number of hydrogen-bond donors (Lipinski definition) is 2. The Morgan fingerprint density at radius 2 is 1.88 bits per heavy atom. The highest BCUT2D eigenvalue weighted by Gasteiger charge is 2.17. The Hall–Kier alpha value is -1.55. The number of ether oxygens (including phenoxy) is 1. The van der Waals surface area contributed by atoms with Crippen LogP contribution in [-0.2, 0) is 11.2 Å². The zero-order chi connectivity index (χ0) is 18.1. The molecule has 0 radical (unpaired) electrons. The van der Waals surface area contributed by atoms with Gasteiger partial charge < -0.3 is 14.9 Å². The maximum absolute atomic E-state index is 12.1. The van der Waals surface area contributed by atoms with Crippen molar-refractivity contribution in [1.82, 2.24) is 0 Å². The van der Waals surface area contributed by atoms with E-state index in [1.165, 1.54) is 26.0 Å². The van der Waals surface area contributed by atoms with Crippen molar-refractivity contribution >= 4 is 5.78 Å². The Balaban J connectivity index is 2.39. The quantitative estimate of drug-likeness (QED) is 0.638. The largest absolute Gasteiger partial charge is 0.504 e. The lowest BCUT2D eigenvalue weighted by Gasteiger charge is -2.14. The van der Waals surface area contributed by atoms with Crippen molar-refractivity contribution in [3.8, 4) is 11.5 Å². The summed E-state index contributed by atoms with van der Waals surface area (Å²) in [6.45, 7) is 6.62. The number of phenolic OH excluding ortho intramolecular Hbond substituents is 1. The van der Waals surface area contributed by atoms with E-state index < -0.39 is 6.10 Å². The average molecular weight is 336 g/mol. The number of benzene rings is 1. The van der Waals surface area contributed by atoms with E-state index in [0.29, 0.717) is 18.1 Å². The molecule has 0 heterocycles. The van der Waals surface area contributed by atoms with Gasteiger partial charge in [-0.1, -0.05) is 46.1 Å². The number of Topliss-reactive ketones (excluding diaryl/α,β-unsaturated/α-hetero) is 1. The van der Waals surface area contributed by atoms with E-state index in [2.05, 4.69) is 20.8 Å². The molecule has 0 fully saturated rings. The molecule has 1 unspecified atom stereocenters. The van der Waals surface area contributed by atoms with Gasteiger partial charge in [-0.3, -0.25) is 4.79 Å². The zero-order valence-electron chi connectivity index (χ0n) is 15.4. The van der Waals surface area contributed by atoms with Crippen molar-refractivity contribution in [1.29, 1.82) is 0 Å². The second-order valence-electron chi connectivity index (χ2n) is 7.16. The number of carbonyl (C=O) groups excluding carboxylic acids is 1. The maximum Gasteiger partial charge on any atom is 0.161 e. The Morgan fingerprint density at radius 1 is 1.17 bits per heavy atom. The Morgan fingerprint density at radius 3 is 2.50 bits per heavy atom. The number of aromatic hydroxyl groups is 1. The van der Waals surface area contributed by atoms with Crippen LogP contribution in [0, 0.1) is 11.8 Å². The topological polar surface area (TPSA) is 66.8 Å². The van der Waals surface area contributed by atoms with Crippen LogP contribution in [0.1, 0.15) is 58.4 Å². The fourth-order valence-electron chi connectivity index (χ4n) is 2.76. The molecule has 0 bridgehead atoms. The van der Waals surface area contributed by atoms with Crippen LogP contribution in [0.5, 0.6) is 11.5 Å². The average Bonchev–Trinajstić information content (AvgIpc) is 2.53. The third-order valence-corrected chi connectivity index (χ3v) is 4.41. The monoisotopic (exact) mass is 336 g/mol. The summed E-state index contributed by atoms with van der Waals surface area (Å²) < 4.78 is 5.04. The van der Waals surface area contributed by atoms with Crippen molar-refractivity contribution in [3.05, 3.63) is 23.8 Å². The van der Waals surface area contributed by atoms with E-state index in [0.717, 1.165) is 24.3 Å². The number of methoxy groups -OCH3 is 1. The van der Waals surface area contributed by atoms with E-state index in [1.807, 2.05) is 0 Å². The molecule has 24 heavy (non-hydrogen) atoms. The molecule has 1 aromatic carbocycles.